The van der Waals surface area contributed by atoms with Crippen LogP contribution in [-0.4, -0.2) is 29.5 Å². The summed E-state index contributed by atoms with van der Waals surface area (Å²) in [6.45, 7) is 0.893. The molecule has 4 nitrogen and oxygen atoms in total. The Hall–Kier alpha value is -0.420. The van der Waals surface area contributed by atoms with Crippen molar-refractivity contribution in [3.8, 4) is 0 Å². The van der Waals surface area contributed by atoms with Gasteiger partial charge in [-0.1, -0.05) is 0 Å². The van der Waals surface area contributed by atoms with E-state index in [1.807, 2.05) is 11.8 Å². The maximum atomic E-state index is 5.38. The highest BCUT2D eigenvalue weighted by Crippen LogP contribution is 2.26. The zero-order chi connectivity index (χ0) is 9.80. The Bertz CT molecular complexity index is 209. The molecule has 0 radical (unpaired) electrons. The van der Waals surface area contributed by atoms with Crippen LogP contribution in [0, 0.1) is 0 Å². The molecule has 1 atom stereocenters. The third-order valence-corrected chi connectivity index (χ3v) is 3.91. The van der Waals surface area contributed by atoms with E-state index in [4.69, 9.17) is 5.84 Å². The number of aliphatic imine (C=N–C) groups is 1. The summed E-state index contributed by atoms with van der Waals surface area (Å²) in [4.78, 5) is 4.45. The Balaban J connectivity index is 1.73. The number of guanidine groups is 1. The number of hydrogen-bond acceptors (Lipinski definition) is 3. The second-order valence-corrected chi connectivity index (χ2v) is 5.30. The fourth-order valence-corrected chi connectivity index (χ4v) is 2.72. The molecule has 1 aliphatic carbocycles. The minimum atomic E-state index is 0.612. The first-order chi connectivity index (χ1) is 6.88. The number of hydrazine groups is 1. The summed E-state index contributed by atoms with van der Waals surface area (Å²) in [5, 5.41) is 3.98. The average molecular weight is 214 g/mol. The summed E-state index contributed by atoms with van der Waals surface area (Å²) >= 11 is 2.03. The molecule has 0 aromatic carbocycles. The number of nitrogens with zero attached hydrogens (tertiary/aromatic N) is 1. The van der Waals surface area contributed by atoms with Gasteiger partial charge in [0.1, 0.15) is 0 Å². The molecule has 1 heterocycles. The van der Waals surface area contributed by atoms with Crippen molar-refractivity contribution in [1.29, 1.82) is 0 Å². The van der Waals surface area contributed by atoms with Gasteiger partial charge in [0, 0.05) is 11.3 Å². The molecule has 2 fully saturated rings. The fourth-order valence-electron chi connectivity index (χ4n) is 1.54. The first-order valence-electron chi connectivity index (χ1n) is 5.27. The topological polar surface area (TPSA) is 62.4 Å². The Morgan fingerprint density at radius 3 is 2.86 bits per heavy atom. The van der Waals surface area contributed by atoms with Crippen molar-refractivity contribution in [2.45, 2.75) is 37.0 Å². The molecule has 2 rings (SSSR count). The van der Waals surface area contributed by atoms with Crippen LogP contribution < -0.4 is 16.6 Å². The second kappa shape index (κ2) is 4.89. The summed E-state index contributed by atoms with van der Waals surface area (Å²) in [6.07, 6.45) is 5.14. The molecule has 14 heavy (non-hydrogen) atoms. The van der Waals surface area contributed by atoms with Crippen molar-refractivity contribution < 1.29 is 0 Å². The summed E-state index contributed by atoms with van der Waals surface area (Å²) < 4.78 is 0. The molecule has 5 heteroatoms. The molecular weight excluding hydrogens is 196 g/mol. The van der Waals surface area contributed by atoms with E-state index in [2.05, 4.69) is 15.7 Å². The number of thioether (sulfide) groups is 1. The molecule has 1 saturated carbocycles. The predicted octanol–water partition coefficient (Wildman–Crippen LogP) is 0.453. The first kappa shape index (κ1) is 10.1. The van der Waals surface area contributed by atoms with Gasteiger partial charge in [-0.15, -0.1) is 0 Å². The highest BCUT2D eigenvalue weighted by Gasteiger charge is 2.22. The molecule has 0 amide bonds. The lowest BCUT2D eigenvalue weighted by Gasteiger charge is -2.09. The predicted molar refractivity (Wildman–Crippen MR) is 61.3 cm³/mol. The van der Waals surface area contributed by atoms with E-state index >= 15 is 0 Å². The van der Waals surface area contributed by atoms with Crippen LogP contribution in [0.15, 0.2) is 4.99 Å². The Labute approximate surface area is 89.1 Å². The summed E-state index contributed by atoms with van der Waals surface area (Å²) in [7, 11) is 0. The van der Waals surface area contributed by atoms with Gasteiger partial charge in [0.25, 0.3) is 0 Å². The maximum absolute atomic E-state index is 5.38. The lowest BCUT2D eigenvalue weighted by Crippen LogP contribution is -2.43. The van der Waals surface area contributed by atoms with Crippen LogP contribution >= 0.6 is 11.8 Å². The van der Waals surface area contributed by atoms with E-state index in [9.17, 15) is 0 Å². The molecule has 0 aromatic heterocycles. The monoisotopic (exact) mass is 214 g/mol. The van der Waals surface area contributed by atoms with Crippen molar-refractivity contribution >= 4 is 17.7 Å². The number of rotatable bonds is 3. The van der Waals surface area contributed by atoms with Gasteiger partial charge in [0.05, 0.1) is 6.54 Å². The molecular formula is C9H18N4S. The molecule has 0 aromatic rings. The smallest absolute Gasteiger partial charge is 0.205 e. The molecule has 1 unspecified atom stereocenters. The Morgan fingerprint density at radius 2 is 2.29 bits per heavy atom. The number of hydrogen-bond donors (Lipinski definition) is 3. The van der Waals surface area contributed by atoms with Crippen molar-refractivity contribution in [2.75, 3.05) is 12.3 Å². The van der Waals surface area contributed by atoms with Crippen LogP contribution in [0.4, 0.5) is 0 Å². The largest absolute Gasteiger partial charge is 0.353 e. The highest BCUT2D eigenvalue weighted by molar-refractivity contribution is 8.00. The minimum absolute atomic E-state index is 0.612. The normalized spacial score (nSPS) is 27.8. The van der Waals surface area contributed by atoms with E-state index in [-0.39, 0.29) is 0 Å². The van der Waals surface area contributed by atoms with Crippen LogP contribution in [0.5, 0.6) is 0 Å². The lowest BCUT2D eigenvalue weighted by molar-refractivity contribution is 0.765. The van der Waals surface area contributed by atoms with E-state index < -0.39 is 0 Å². The first-order valence-corrected chi connectivity index (χ1v) is 6.32. The average Bonchev–Trinajstić information content (AvgIpc) is 2.86. The minimum Gasteiger partial charge on any atom is -0.353 e. The maximum Gasteiger partial charge on any atom is 0.205 e. The SMILES string of the molecule is NNC(=NCC1CCCS1)NC1CC1. The molecule has 80 valence electrons. The van der Waals surface area contributed by atoms with Crippen LogP contribution in [0.25, 0.3) is 0 Å². The van der Waals surface area contributed by atoms with Gasteiger partial charge >= 0.3 is 0 Å². The van der Waals surface area contributed by atoms with E-state index in [0.717, 1.165) is 12.5 Å². The summed E-state index contributed by atoms with van der Waals surface area (Å²) in [6, 6.07) is 0.612. The van der Waals surface area contributed by atoms with Gasteiger partial charge in [-0.25, -0.2) is 5.84 Å². The van der Waals surface area contributed by atoms with Gasteiger partial charge in [0.2, 0.25) is 5.96 Å². The Morgan fingerprint density at radius 1 is 1.43 bits per heavy atom. The van der Waals surface area contributed by atoms with Crippen molar-refractivity contribution in [2.24, 2.45) is 10.8 Å². The fraction of sp³-hybridized carbons (Fsp3) is 0.889. The van der Waals surface area contributed by atoms with Crippen LogP contribution in [-0.2, 0) is 0 Å². The quantitative estimate of drug-likeness (QED) is 0.276. The molecule has 0 bridgehead atoms. The van der Waals surface area contributed by atoms with Gasteiger partial charge in [-0.05, 0) is 31.4 Å². The zero-order valence-electron chi connectivity index (χ0n) is 8.33. The standard InChI is InChI=1S/C9H18N4S/c10-13-9(12-7-3-4-7)11-6-8-2-1-5-14-8/h7-8H,1-6,10H2,(H2,11,12,13). The van der Waals surface area contributed by atoms with E-state index in [1.54, 1.807) is 0 Å². The summed E-state index contributed by atoms with van der Waals surface area (Å²) in [5.41, 5.74) is 2.63. The zero-order valence-corrected chi connectivity index (χ0v) is 9.15. The van der Waals surface area contributed by atoms with Crippen molar-refractivity contribution in [1.82, 2.24) is 10.7 Å². The molecule has 1 aliphatic heterocycles. The van der Waals surface area contributed by atoms with Crippen LogP contribution in [0.1, 0.15) is 25.7 Å². The summed E-state index contributed by atoms with van der Waals surface area (Å²) in [5.74, 6) is 7.44. The van der Waals surface area contributed by atoms with Crippen molar-refractivity contribution in [3.05, 3.63) is 0 Å². The van der Waals surface area contributed by atoms with Gasteiger partial charge in [-0.2, -0.15) is 11.8 Å². The number of nitrogens with two attached hydrogens (primary N) is 1. The lowest BCUT2D eigenvalue weighted by atomic mass is 10.2. The third-order valence-electron chi connectivity index (χ3n) is 2.53. The molecule has 2 aliphatic rings. The van der Waals surface area contributed by atoms with Crippen LogP contribution in [0.3, 0.4) is 0 Å². The van der Waals surface area contributed by atoms with E-state index in [0.29, 0.717) is 11.3 Å². The van der Waals surface area contributed by atoms with Crippen LogP contribution in [0.2, 0.25) is 0 Å². The number of nitrogens with one attached hydrogen (secondary N) is 2. The molecule has 1 saturated heterocycles. The van der Waals surface area contributed by atoms with Crippen molar-refractivity contribution in [3.63, 3.8) is 0 Å². The van der Waals surface area contributed by atoms with Gasteiger partial charge in [0.15, 0.2) is 0 Å². The Kier molecular flexibility index (Phi) is 3.53. The third kappa shape index (κ3) is 3.06. The second-order valence-electron chi connectivity index (χ2n) is 3.89. The molecule has 4 N–H and O–H groups in total. The molecule has 0 spiro atoms. The highest BCUT2D eigenvalue weighted by atomic mass is 32.2. The van der Waals surface area contributed by atoms with E-state index in [1.165, 1.54) is 31.4 Å². The van der Waals surface area contributed by atoms with Gasteiger partial charge in [-0.3, -0.25) is 10.4 Å². The van der Waals surface area contributed by atoms with Gasteiger partial charge < -0.3 is 5.32 Å².